The van der Waals surface area contributed by atoms with Crippen LogP contribution in [0.3, 0.4) is 0 Å². The van der Waals surface area contributed by atoms with Crippen LogP contribution in [-0.4, -0.2) is 42.7 Å². The highest BCUT2D eigenvalue weighted by molar-refractivity contribution is 5.97. The van der Waals surface area contributed by atoms with Gasteiger partial charge < -0.3 is 4.90 Å². The smallest absolute Gasteiger partial charge is 0.253 e. The Hall–Kier alpha value is -4.33. The number of nitrogens with one attached hydrogen (secondary N) is 2. The van der Waals surface area contributed by atoms with Crippen LogP contribution in [0.2, 0.25) is 0 Å². The molecular formula is C31H32F2N4O2. The summed E-state index contributed by atoms with van der Waals surface area (Å²) in [6.45, 7) is 2.71. The highest BCUT2D eigenvalue weighted by Gasteiger charge is 2.44. The Morgan fingerprint density at radius 1 is 0.872 bits per heavy atom. The molecule has 0 aliphatic carbocycles. The highest BCUT2D eigenvalue weighted by Crippen LogP contribution is 2.36. The van der Waals surface area contributed by atoms with Gasteiger partial charge in [0.2, 0.25) is 5.91 Å². The number of nitrogens with zero attached hydrogens (tertiary/aromatic N) is 2. The van der Waals surface area contributed by atoms with Crippen LogP contribution in [0.15, 0.2) is 89.9 Å². The minimum Gasteiger partial charge on any atom is -0.339 e. The first-order valence-corrected chi connectivity index (χ1v) is 13.0. The largest absolute Gasteiger partial charge is 0.339 e. The number of likely N-dealkylation sites (tertiary alicyclic amines) is 1. The second-order valence-corrected chi connectivity index (χ2v) is 9.46. The zero-order chi connectivity index (χ0) is 27.8. The number of carbonyl (C=O) groups excluding carboxylic acids is 2. The van der Waals surface area contributed by atoms with Gasteiger partial charge in [0.15, 0.2) is 0 Å². The van der Waals surface area contributed by atoms with Crippen LogP contribution in [-0.2, 0) is 10.2 Å². The maximum absolute atomic E-state index is 13.7. The van der Waals surface area contributed by atoms with Gasteiger partial charge in [0, 0.05) is 25.7 Å². The fourth-order valence-corrected chi connectivity index (χ4v) is 4.78. The lowest BCUT2D eigenvalue weighted by molar-refractivity contribution is -0.129. The van der Waals surface area contributed by atoms with Crippen LogP contribution in [0.5, 0.6) is 0 Å². The number of hydrogen-bond donors (Lipinski definition) is 2. The van der Waals surface area contributed by atoms with Gasteiger partial charge >= 0.3 is 0 Å². The van der Waals surface area contributed by atoms with Crippen molar-refractivity contribution in [3.63, 3.8) is 0 Å². The summed E-state index contributed by atoms with van der Waals surface area (Å²) in [5, 5.41) is 0. The molecule has 4 rings (SSSR count). The van der Waals surface area contributed by atoms with Crippen LogP contribution in [0.25, 0.3) is 11.1 Å². The SMILES string of the molecule is CC/C=C\C(=NC)NNC(=O)C1(c2ccc(F)cc2)CCN(C(=O)c2ccc(-c3ccc(F)cc3)cc2)CC1. The van der Waals surface area contributed by atoms with Gasteiger partial charge in [-0.25, -0.2) is 8.78 Å². The van der Waals surface area contributed by atoms with Gasteiger partial charge in [-0.1, -0.05) is 49.4 Å². The summed E-state index contributed by atoms with van der Waals surface area (Å²) in [5.41, 5.74) is 7.68. The number of benzene rings is 3. The molecule has 6 nitrogen and oxygen atoms in total. The van der Waals surface area contributed by atoms with E-state index in [0.717, 1.165) is 17.5 Å². The summed E-state index contributed by atoms with van der Waals surface area (Å²) < 4.78 is 26.9. The van der Waals surface area contributed by atoms with E-state index in [9.17, 15) is 18.4 Å². The van der Waals surface area contributed by atoms with Crippen molar-refractivity contribution in [1.29, 1.82) is 0 Å². The van der Waals surface area contributed by atoms with Gasteiger partial charge in [-0.3, -0.25) is 25.4 Å². The third kappa shape index (κ3) is 6.39. The number of piperidine rings is 1. The lowest BCUT2D eigenvalue weighted by atomic mass is 9.72. The molecule has 39 heavy (non-hydrogen) atoms. The van der Waals surface area contributed by atoms with E-state index in [4.69, 9.17) is 0 Å². The van der Waals surface area contributed by atoms with Gasteiger partial charge in [0.1, 0.15) is 17.5 Å². The molecule has 0 saturated carbocycles. The molecule has 2 N–H and O–H groups in total. The molecular weight excluding hydrogens is 498 g/mol. The third-order valence-electron chi connectivity index (χ3n) is 7.10. The van der Waals surface area contributed by atoms with E-state index in [1.807, 2.05) is 25.1 Å². The normalized spacial score (nSPS) is 15.3. The van der Waals surface area contributed by atoms with Gasteiger partial charge in [-0.05, 0) is 78.4 Å². The average molecular weight is 531 g/mol. The van der Waals surface area contributed by atoms with Crippen LogP contribution >= 0.6 is 0 Å². The predicted octanol–water partition coefficient (Wildman–Crippen LogP) is 5.42. The topological polar surface area (TPSA) is 73.8 Å². The number of allylic oxidation sites excluding steroid dienone is 1. The van der Waals surface area contributed by atoms with E-state index in [-0.39, 0.29) is 23.4 Å². The van der Waals surface area contributed by atoms with E-state index < -0.39 is 5.41 Å². The average Bonchev–Trinajstić information content (AvgIpc) is 2.97. The number of halogens is 2. The standard InChI is InChI=1S/C31H32F2N4O2/c1-3-4-5-28(34-2)35-36-30(39)31(25-12-16-27(33)17-13-25)18-20-37(21-19-31)29(38)24-8-6-22(7-9-24)23-10-14-26(32)15-11-23/h4-17H,3,18-21H2,1-2H3,(H,34,35)(H,36,39)/b5-4-. The van der Waals surface area contributed by atoms with Crippen molar-refractivity contribution in [2.24, 2.45) is 4.99 Å². The Morgan fingerprint density at radius 3 is 1.95 bits per heavy atom. The summed E-state index contributed by atoms with van der Waals surface area (Å²) in [5.74, 6) is -0.567. The first kappa shape index (κ1) is 27.7. The summed E-state index contributed by atoms with van der Waals surface area (Å²) in [7, 11) is 1.63. The summed E-state index contributed by atoms with van der Waals surface area (Å²) in [6.07, 6.45) is 5.28. The molecule has 1 aliphatic heterocycles. The number of amidine groups is 1. The van der Waals surface area contributed by atoms with Gasteiger partial charge in [-0.2, -0.15) is 0 Å². The van der Waals surface area contributed by atoms with Crippen LogP contribution < -0.4 is 10.9 Å². The molecule has 1 fully saturated rings. The lowest BCUT2D eigenvalue weighted by Crippen LogP contribution is -2.56. The number of rotatable bonds is 6. The molecule has 0 spiro atoms. The first-order valence-electron chi connectivity index (χ1n) is 13.0. The fourth-order valence-electron chi connectivity index (χ4n) is 4.78. The molecule has 8 heteroatoms. The maximum atomic E-state index is 13.7. The van der Waals surface area contributed by atoms with Crippen molar-refractivity contribution in [3.05, 3.63) is 108 Å². The van der Waals surface area contributed by atoms with E-state index in [1.54, 1.807) is 54.4 Å². The van der Waals surface area contributed by atoms with Crippen LogP contribution in [0.4, 0.5) is 8.78 Å². The molecule has 1 heterocycles. The number of amides is 2. The van der Waals surface area contributed by atoms with Crippen molar-refractivity contribution < 1.29 is 18.4 Å². The Kier molecular flexibility index (Phi) is 8.86. The van der Waals surface area contributed by atoms with E-state index in [0.29, 0.717) is 42.9 Å². The molecule has 202 valence electrons. The van der Waals surface area contributed by atoms with Crippen molar-refractivity contribution in [3.8, 4) is 11.1 Å². The monoisotopic (exact) mass is 530 g/mol. The van der Waals surface area contributed by atoms with Crippen LogP contribution in [0, 0.1) is 11.6 Å². The number of hydrazine groups is 1. The molecule has 3 aromatic carbocycles. The predicted molar refractivity (Wildman–Crippen MR) is 149 cm³/mol. The first-order chi connectivity index (χ1) is 18.9. The minimum absolute atomic E-state index is 0.128. The number of hydrogen-bond acceptors (Lipinski definition) is 3. The van der Waals surface area contributed by atoms with Crippen molar-refractivity contribution in [1.82, 2.24) is 15.8 Å². The van der Waals surface area contributed by atoms with Crippen molar-refractivity contribution in [2.75, 3.05) is 20.1 Å². The maximum Gasteiger partial charge on any atom is 0.253 e. The molecule has 0 bridgehead atoms. The second kappa shape index (κ2) is 12.5. The van der Waals surface area contributed by atoms with Crippen molar-refractivity contribution in [2.45, 2.75) is 31.6 Å². The second-order valence-electron chi connectivity index (χ2n) is 9.46. The van der Waals surface area contributed by atoms with Crippen LogP contribution in [0.1, 0.15) is 42.1 Å². The Morgan fingerprint density at radius 2 is 1.41 bits per heavy atom. The molecule has 0 atom stereocenters. The Labute approximate surface area is 227 Å². The van der Waals surface area contributed by atoms with Gasteiger partial charge in [0.05, 0.1) is 5.41 Å². The van der Waals surface area contributed by atoms with Gasteiger partial charge in [0.25, 0.3) is 5.91 Å². The Bertz CT molecular complexity index is 1340. The summed E-state index contributed by atoms with van der Waals surface area (Å²) >= 11 is 0. The molecule has 0 radical (unpaired) electrons. The van der Waals surface area contributed by atoms with Crippen molar-refractivity contribution >= 4 is 17.6 Å². The summed E-state index contributed by atoms with van der Waals surface area (Å²) in [6, 6.07) is 19.4. The summed E-state index contributed by atoms with van der Waals surface area (Å²) in [4.78, 5) is 32.7. The number of carbonyl (C=O) groups is 2. The highest BCUT2D eigenvalue weighted by atomic mass is 19.1. The molecule has 0 aromatic heterocycles. The minimum atomic E-state index is -0.947. The molecule has 1 aliphatic rings. The molecule has 2 amide bonds. The fraction of sp³-hybridized carbons (Fsp3) is 0.258. The van der Waals surface area contributed by atoms with E-state index in [2.05, 4.69) is 15.8 Å². The zero-order valence-corrected chi connectivity index (χ0v) is 22.1. The molecule has 1 saturated heterocycles. The lowest BCUT2D eigenvalue weighted by Gasteiger charge is -2.41. The van der Waals surface area contributed by atoms with Gasteiger partial charge in [-0.15, -0.1) is 0 Å². The Balaban J connectivity index is 1.48. The third-order valence-corrected chi connectivity index (χ3v) is 7.10. The molecule has 0 unspecified atom stereocenters. The van der Waals surface area contributed by atoms with E-state index in [1.165, 1.54) is 24.3 Å². The van der Waals surface area contributed by atoms with E-state index >= 15 is 0 Å². The quantitative estimate of drug-likeness (QED) is 0.254. The molecule has 3 aromatic rings. The number of aliphatic imine (C=N–C) groups is 1. The zero-order valence-electron chi connectivity index (χ0n) is 22.1.